The molecule has 1 aromatic carbocycles. The molecule has 0 aliphatic carbocycles. The lowest BCUT2D eigenvalue weighted by Gasteiger charge is -2.03. The number of hydrogen-bond donors (Lipinski definition) is 1. The van der Waals surface area contributed by atoms with Gasteiger partial charge in [-0.1, -0.05) is 12.1 Å². The summed E-state index contributed by atoms with van der Waals surface area (Å²) < 4.78 is 0. The molecule has 0 unspecified atom stereocenters. The van der Waals surface area contributed by atoms with Gasteiger partial charge in [-0.2, -0.15) is 0 Å². The first-order chi connectivity index (χ1) is 6.61. The van der Waals surface area contributed by atoms with Crippen LogP contribution < -0.4 is 0 Å². The summed E-state index contributed by atoms with van der Waals surface area (Å²) in [6, 6.07) is 6.64. The second-order valence-electron chi connectivity index (χ2n) is 3.03. The molecule has 0 bridgehead atoms. The Morgan fingerprint density at radius 2 is 2.07 bits per heavy atom. The van der Waals surface area contributed by atoms with Gasteiger partial charge < -0.3 is 10.0 Å². The molecule has 0 atom stereocenters. The van der Waals surface area contributed by atoms with E-state index in [-0.39, 0.29) is 5.56 Å². The molecule has 4 heteroatoms. The van der Waals surface area contributed by atoms with Crippen LogP contribution in [0.15, 0.2) is 29.3 Å². The number of rotatable bonds is 3. The number of carboxylic acid groups (broad SMARTS) is 1. The van der Waals surface area contributed by atoms with Crippen LogP contribution in [-0.2, 0) is 0 Å². The number of hydrogen-bond acceptors (Lipinski definition) is 2. The number of aromatic carboxylic acids is 1. The fourth-order valence-corrected chi connectivity index (χ4v) is 0.945. The van der Waals surface area contributed by atoms with Crippen molar-refractivity contribution in [2.24, 2.45) is 4.99 Å². The number of para-hydroxylation sites is 1. The van der Waals surface area contributed by atoms with E-state index in [0.717, 1.165) is 0 Å². The van der Waals surface area contributed by atoms with Gasteiger partial charge in [-0.05, 0) is 12.1 Å². The van der Waals surface area contributed by atoms with E-state index < -0.39 is 5.97 Å². The topological polar surface area (TPSA) is 52.9 Å². The van der Waals surface area contributed by atoms with E-state index in [0.29, 0.717) is 5.69 Å². The van der Waals surface area contributed by atoms with E-state index in [1.165, 1.54) is 6.07 Å². The Bertz CT molecular complexity index is 359. The molecule has 1 N–H and O–H groups in total. The summed E-state index contributed by atoms with van der Waals surface area (Å²) in [6.07, 6.45) is 1.57. The Morgan fingerprint density at radius 3 is 2.64 bits per heavy atom. The summed E-state index contributed by atoms with van der Waals surface area (Å²) in [7, 11) is 3.65. The predicted octanol–water partition coefficient (Wildman–Crippen LogP) is 1.61. The van der Waals surface area contributed by atoms with Gasteiger partial charge in [0.25, 0.3) is 0 Å². The quantitative estimate of drug-likeness (QED) is 0.584. The lowest BCUT2D eigenvalue weighted by molar-refractivity contribution is 0.0698. The summed E-state index contributed by atoms with van der Waals surface area (Å²) in [6.45, 7) is 0. The van der Waals surface area contributed by atoms with Gasteiger partial charge in [0.1, 0.15) is 0 Å². The fourth-order valence-electron chi connectivity index (χ4n) is 0.945. The van der Waals surface area contributed by atoms with E-state index in [1.54, 1.807) is 29.4 Å². The molecule has 0 aliphatic rings. The summed E-state index contributed by atoms with van der Waals surface area (Å²) in [4.78, 5) is 16.6. The average molecular weight is 192 g/mol. The van der Waals surface area contributed by atoms with Gasteiger partial charge in [-0.15, -0.1) is 0 Å². The minimum atomic E-state index is -0.962. The summed E-state index contributed by atoms with van der Waals surface area (Å²) in [5.41, 5.74) is 0.680. The van der Waals surface area contributed by atoms with Crippen LogP contribution in [0.1, 0.15) is 10.4 Å². The minimum Gasteiger partial charge on any atom is -0.478 e. The fraction of sp³-hybridized carbons (Fsp3) is 0.200. The Labute approximate surface area is 82.5 Å². The van der Waals surface area contributed by atoms with Crippen molar-refractivity contribution >= 4 is 18.0 Å². The van der Waals surface area contributed by atoms with Gasteiger partial charge in [-0.25, -0.2) is 9.79 Å². The highest BCUT2D eigenvalue weighted by atomic mass is 16.4. The lowest BCUT2D eigenvalue weighted by atomic mass is 10.2. The van der Waals surface area contributed by atoms with Crippen LogP contribution in [0.5, 0.6) is 0 Å². The van der Waals surface area contributed by atoms with Gasteiger partial charge in [0.15, 0.2) is 0 Å². The zero-order chi connectivity index (χ0) is 10.6. The highest BCUT2D eigenvalue weighted by molar-refractivity contribution is 5.93. The Balaban J connectivity index is 3.02. The first-order valence-electron chi connectivity index (χ1n) is 4.14. The minimum absolute atomic E-state index is 0.214. The van der Waals surface area contributed by atoms with E-state index >= 15 is 0 Å². The molecule has 1 rings (SSSR count). The summed E-state index contributed by atoms with van der Waals surface area (Å²) in [5, 5.41) is 8.84. The average Bonchev–Trinajstić information content (AvgIpc) is 2.15. The molecular weight excluding hydrogens is 180 g/mol. The van der Waals surface area contributed by atoms with E-state index in [4.69, 9.17) is 5.11 Å². The predicted molar refractivity (Wildman–Crippen MR) is 55.2 cm³/mol. The molecule has 4 nitrogen and oxygen atoms in total. The first-order valence-corrected chi connectivity index (χ1v) is 4.14. The Morgan fingerprint density at radius 1 is 1.43 bits per heavy atom. The number of carboxylic acids is 1. The van der Waals surface area contributed by atoms with Crippen molar-refractivity contribution in [2.45, 2.75) is 0 Å². The molecule has 0 radical (unpaired) electrons. The Kier molecular flexibility index (Phi) is 3.23. The molecule has 0 saturated carbocycles. The monoisotopic (exact) mass is 192 g/mol. The molecule has 1 aromatic rings. The van der Waals surface area contributed by atoms with Gasteiger partial charge in [-0.3, -0.25) is 0 Å². The zero-order valence-electron chi connectivity index (χ0n) is 8.14. The van der Waals surface area contributed by atoms with Crippen LogP contribution in [0.4, 0.5) is 5.69 Å². The molecule has 0 fully saturated rings. The van der Waals surface area contributed by atoms with Crippen molar-refractivity contribution in [1.29, 1.82) is 0 Å². The van der Waals surface area contributed by atoms with E-state index in [1.807, 2.05) is 14.1 Å². The molecule has 0 heterocycles. The van der Waals surface area contributed by atoms with Crippen molar-refractivity contribution < 1.29 is 9.90 Å². The van der Waals surface area contributed by atoms with Gasteiger partial charge in [0, 0.05) is 14.1 Å². The number of nitrogens with zero attached hydrogens (tertiary/aromatic N) is 2. The van der Waals surface area contributed by atoms with Crippen molar-refractivity contribution in [3.8, 4) is 0 Å². The number of carbonyl (C=O) groups is 1. The maximum Gasteiger partial charge on any atom is 0.337 e. The van der Waals surface area contributed by atoms with Crippen LogP contribution >= 0.6 is 0 Å². The molecule has 14 heavy (non-hydrogen) atoms. The van der Waals surface area contributed by atoms with Crippen molar-refractivity contribution in [3.05, 3.63) is 29.8 Å². The summed E-state index contributed by atoms with van der Waals surface area (Å²) >= 11 is 0. The standard InChI is InChI=1S/C10H12N2O2/c1-12(2)7-11-9-6-4-3-5-8(9)10(13)14/h3-7H,1-2H3,(H,13,14). The van der Waals surface area contributed by atoms with Crippen LogP contribution in [0, 0.1) is 0 Å². The zero-order valence-corrected chi connectivity index (χ0v) is 8.14. The van der Waals surface area contributed by atoms with Crippen LogP contribution in [0.3, 0.4) is 0 Å². The summed E-state index contributed by atoms with van der Waals surface area (Å²) in [5.74, 6) is -0.962. The van der Waals surface area contributed by atoms with Gasteiger partial charge in [0.05, 0.1) is 17.6 Å². The molecule has 0 aliphatic heterocycles. The van der Waals surface area contributed by atoms with E-state index in [9.17, 15) is 4.79 Å². The number of aliphatic imine (C=N–C) groups is 1. The normalized spacial score (nSPS) is 10.4. The second kappa shape index (κ2) is 4.41. The molecule has 74 valence electrons. The maximum atomic E-state index is 10.8. The van der Waals surface area contributed by atoms with Crippen molar-refractivity contribution in [1.82, 2.24) is 4.90 Å². The third-order valence-corrected chi connectivity index (χ3v) is 1.56. The van der Waals surface area contributed by atoms with Gasteiger partial charge >= 0.3 is 5.97 Å². The van der Waals surface area contributed by atoms with Crippen LogP contribution in [0.2, 0.25) is 0 Å². The molecule has 0 amide bonds. The first kappa shape index (κ1) is 10.2. The highest BCUT2D eigenvalue weighted by Crippen LogP contribution is 2.17. The van der Waals surface area contributed by atoms with Gasteiger partial charge in [0.2, 0.25) is 0 Å². The largest absolute Gasteiger partial charge is 0.478 e. The molecule has 0 saturated heterocycles. The van der Waals surface area contributed by atoms with Crippen LogP contribution in [-0.4, -0.2) is 36.4 Å². The molecule has 0 aromatic heterocycles. The third-order valence-electron chi connectivity index (χ3n) is 1.56. The van der Waals surface area contributed by atoms with Crippen molar-refractivity contribution in [3.63, 3.8) is 0 Å². The lowest BCUT2D eigenvalue weighted by Crippen LogP contribution is -2.07. The molecule has 0 spiro atoms. The SMILES string of the molecule is CN(C)C=Nc1ccccc1C(=O)O. The smallest absolute Gasteiger partial charge is 0.337 e. The Hall–Kier alpha value is -1.84. The van der Waals surface area contributed by atoms with Crippen LogP contribution in [0.25, 0.3) is 0 Å². The van der Waals surface area contributed by atoms with Crippen molar-refractivity contribution in [2.75, 3.05) is 14.1 Å². The van der Waals surface area contributed by atoms with E-state index in [2.05, 4.69) is 4.99 Å². The third kappa shape index (κ3) is 2.58. The maximum absolute atomic E-state index is 10.8. The second-order valence-corrected chi connectivity index (χ2v) is 3.03. The molecular formula is C10H12N2O2. The highest BCUT2D eigenvalue weighted by Gasteiger charge is 2.06. The number of benzene rings is 1.